The Morgan fingerprint density at radius 2 is 2.05 bits per heavy atom. The van der Waals surface area contributed by atoms with Crippen molar-refractivity contribution in [2.24, 2.45) is 0 Å². The van der Waals surface area contributed by atoms with Crippen molar-refractivity contribution < 1.29 is 17.8 Å². The van der Waals surface area contributed by atoms with E-state index in [-0.39, 0.29) is 11.2 Å². The van der Waals surface area contributed by atoms with Gasteiger partial charge in [-0.1, -0.05) is 6.07 Å². The molecule has 4 unspecified atom stereocenters. The zero-order valence-electron chi connectivity index (χ0n) is 12.1. The third kappa shape index (κ3) is 3.29. The molecule has 7 heteroatoms. The van der Waals surface area contributed by atoms with Gasteiger partial charge in [0.15, 0.2) is 11.6 Å². The van der Waals surface area contributed by atoms with E-state index in [9.17, 15) is 17.8 Å². The van der Waals surface area contributed by atoms with E-state index in [2.05, 4.69) is 5.32 Å². The Bertz CT molecular complexity index is 582. The molecule has 0 spiro atoms. The molecule has 1 heterocycles. The largest absolute Gasteiger partial charge is 0.320 e. The summed E-state index contributed by atoms with van der Waals surface area (Å²) in [5.74, 6) is -2.01. The lowest BCUT2D eigenvalue weighted by molar-refractivity contribution is -0.129. The highest BCUT2D eigenvalue weighted by Crippen LogP contribution is 2.27. The minimum atomic E-state index is -1.07. The molecule has 1 aromatic carbocycles. The highest BCUT2D eigenvalue weighted by atomic mass is 32.2. The van der Waals surface area contributed by atoms with Gasteiger partial charge in [0.25, 0.3) is 0 Å². The second kappa shape index (κ2) is 6.19. The molecule has 116 valence electrons. The summed E-state index contributed by atoms with van der Waals surface area (Å²) in [6.45, 7) is 3.79. The zero-order chi connectivity index (χ0) is 15.7. The van der Waals surface area contributed by atoms with Crippen LogP contribution in [0.3, 0.4) is 0 Å². The normalized spacial score (nSPS) is 25.2. The number of nitrogens with zero attached hydrogens (tertiary/aromatic N) is 1. The average molecular weight is 316 g/mol. The first-order valence-electron chi connectivity index (χ1n) is 6.65. The third-order valence-electron chi connectivity index (χ3n) is 3.65. The first-order chi connectivity index (χ1) is 9.81. The third-order valence-corrected chi connectivity index (χ3v) is 4.94. The van der Waals surface area contributed by atoms with Gasteiger partial charge >= 0.3 is 0 Å². The average Bonchev–Trinajstić information content (AvgIpc) is 2.70. The van der Waals surface area contributed by atoms with E-state index in [1.165, 1.54) is 11.0 Å². The van der Waals surface area contributed by atoms with E-state index >= 15 is 0 Å². The van der Waals surface area contributed by atoms with Crippen molar-refractivity contribution in [2.45, 2.75) is 31.3 Å². The van der Waals surface area contributed by atoms with E-state index in [1.807, 2.05) is 0 Å². The van der Waals surface area contributed by atoms with Gasteiger partial charge in [0.1, 0.15) is 6.17 Å². The number of amides is 1. The van der Waals surface area contributed by atoms with Gasteiger partial charge in [0.2, 0.25) is 5.91 Å². The number of benzene rings is 1. The van der Waals surface area contributed by atoms with Gasteiger partial charge in [-0.15, -0.1) is 0 Å². The Balaban J connectivity index is 2.29. The van der Waals surface area contributed by atoms with Crippen molar-refractivity contribution in [3.05, 3.63) is 35.4 Å². The maximum atomic E-state index is 13.4. The summed E-state index contributed by atoms with van der Waals surface area (Å²) in [5.41, 5.74) is 0.473. The Labute approximate surface area is 125 Å². The molecule has 1 aliphatic rings. The monoisotopic (exact) mass is 316 g/mol. The maximum Gasteiger partial charge on any atom is 0.241 e. The molecule has 0 saturated carbocycles. The number of carbonyl (C=O) groups excluding carboxylic acids is 1. The highest BCUT2D eigenvalue weighted by Gasteiger charge is 2.38. The first kappa shape index (κ1) is 16.0. The van der Waals surface area contributed by atoms with Crippen LogP contribution in [-0.4, -0.2) is 39.1 Å². The predicted molar refractivity (Wildman–Crippen MR) is 76.9 cm³/mol. The van der Waals surface area contributed by atoms with Crippen LogP contribution in [0.5, 0.6) is 0 Å². The zero-order valence-corrected chi connectivity index (χ0v) is 12.9. The molecule has 0 aliphatic carbocycles. The van der Waals surface area contributed by atoms with E-state index in [4.69, 9.17) is 0 Å². The molecule has 2 rings (SSSR count). The molecule has 1 N–H and O–H groups in total. The fraction of sp³-hybridized carbons (Fsp3) is 0.500. The molecule has 0 radical (unpaired) electrons. The van der Waals surface area contributed by atoms with Crippen molar-refractivity contribution in [2.75, 3.05) is 12.8 Å². The van der Waals surface area contributed by atoms with Crippen molar-refractivity contribution in [3.63, 3.8) is 0 Å². The second-order valence-electron chi connectivity index (χ2n) is 5.26. The number of carbonyl (C=O) groups is 1. The summed E-state index contributed by atoms with van der Waals surface area (Å²) in [5, 5.41) is 2.85. The quantitative estimate of drug-likeness (QED) is 0.917. The maximum absolute atomic E-state index is 13.4. The van der Waals surface area contributed by atoms with Crippen molar-refractivity contribution in [1.82, 2.24) is 10.2 Å². The van der Waals surface area contributed by atoms with Gasteiger partial charge in [-0.25, -0.2) is 8.78 Å². The van der Waals surface area contributed by atoms with Crippen LogP contribution in [-0.2, 0) is 15.6 Å². The summed E-state index contributed by atoms with van der Waals surface area (Å²) in [4.78, 5) is 13.7. The van der Waals surface area contributed by atoms with Gasteiger partial charge in [-0.3, -0.25) is 14.3 Å². The van der Waals surface area contributed by atoms with Crippen LogP contribution >= 0.6 is 0 Å². The second-order valence-corrected chi connectivity index (χ2v) is 7.07. The van der Waals surface area contributed by atoms with E-state index in [0.717, 1.165) is 12.1 Å². The molecule has 1 saturated heterocycles. The van der Waals surface area contributed by atoms with Crippen LogP contribution in [0.1, 0.15) is 25.6 Å². The van der Waals surface area contributed by atoms with Crippen LogP contribution in [0.15, 0.2) is 18.2 Å². The molecular weight excluding hydrogens is 298 g/mol. The summed E-state index contributed by atoms with van der Waals surface area (Å²) < 4.78 is 37.9. The minimum absolute atomic E-state index is 0.137. The Morgan fingerprint density at radius 3 is 2.62 bits per heavy atom. The minimum Gasteiger partial charge on any atom is -0.320 e. The molecular formula is C14H18F2N2O2S. The standard InChI is InChI=1S/C14H18F2N2O2S/c1-8(21(3)20)7-18-13(17-9(2)14(18)19)10-4-5-11(15)12(16)6-10/h4-6,8-9,13,17H,7H2,1-3H3. The smallest absolute Gasteiger partial charge is 0.241 e. The Kier molecular flexibility index (Phi) is 4.73. The van der Waals surface area contributed by atoms with E-state index in [0.29, 0.717) is 12.1 Å². The molecule has 4 nitrogen and oxygen atoms in total. The van der Waals surface area contributed by atoms with Crippen LogP contribution in [0.4, 0.5) is 8.78 Å². The van der Waals surface area contributed by atoms with E-state index < -0.39 is 34.6 Å². The molecule has 0 aromatic heterocycles. The summed E-state index contributed by atoms with van der Waals surface area (Å²) in [6, 6.07) is 3.15. The molecule has 0 bridgehead atoms. The fourth-order valence-electron chi connectivity index (χ4n) is 2.31. The predicted octanol–water partition coefficient (Wildman–Crippen LogP) is 1.55. The molecule has 1 fully saturated rings. The number of rotatable bonds is 4. The van der Waals surface area contributed by atoms with Gasteiger partial charge in [-0.05, 0) is 31.5 Å². The number of hydrogen-bond donors (Lipinski definition) is 1. The van der Waals surface area contributed by atoms with Crippen molar-refractivity contribution in [3.8, 4) is 0 Å². The van der Waals surface area contributed by atoms with Gasteiger partial charge in [-0.2, -0.15) is 0 Å². The molecule has 1 amide bonds. The lowest BCUT2D eigenvalue weighted by Crippen LogP contribution is -2.37. The Morgan fingerprint density at radius 1 is 1.38 bits per heavy atom. The highest BCUT2D eigenvalue weighted by molar-refractivity contribution is 7.84. The number of hydrogen-bond acceptors (Lipinski definition) is 3. The molecule has 4 atom stereocenters. The molecule has 1 aliphatic heterocycles. The first-order valence-corrected chi connectivity index (χ1v) is 8.27. The van der Waals surface area contributed by atoms with Crippen LogP contribution in [0.25, 0.3) is 0 Å². The molecule has 1 aromatic rings. The van der Waals surface area contributed by atoms with Gasteiger partial charge in [0, 0.05) is 28.9 Å². The summed E-state index contributed by atoms with van der Waals surface area (Å²) in [7, 11) is -1.07. The van der Waals surface area contributed by atoms with Crippen molar-refractivity contribution >= 4 is 16.7 Å². The van der Waals surface area contributed by atoms with Crippen LogP contribution in [0, 0.1) is 11.6 Å². The topological polar surface area (TPSA) is 49.4 Å². The van der Waals surface area contributed by atoms with Gasteiger partial charge in [0.05, 0.1) is 6.04 Å². The van der Waals surface area contributed by atoms with Crippen molar-refractivity contribution in [1.29, 1.82) is 0 Å². The molecule has 21 heavy (non-hydrogen) atoms. The lowest BCUT2D eigenvalue weighted by Gasteiger charge is -2.26. The number of nitrogens with one attached hydrogen (secondary N) is 1. The fourth-order valence-corrected chi connectivity index (χ4v) is 2.68. The summed E-state index contributed by atoms with van der Waals surface area (Å²) in [6.07, 6.45) is 1.04. The lowest BCUT2D eigenvalue weighted by atomic mass is 10.1. The van der Waals surface area contributed by atoms with E-state index in [1.54, 1.807) is 20.1 Å². The van der Waals surface area contributed by atoms with Crippen LogP contribution in [0.2, 0.25) is 0 Å². The number of halogens is 2. The van der Waals surface area contributed by atoms with Crippen LogP contribution < -0.4 is 5.32 Å². The van der Waals surface area contributed by atoms with Gasteiger partial charge < -0.3 is 4.90 Å². The summed E-state index contributed by atoms with van der Waals surface area (Å²) >= 11 is 0. The Hall–Kier alpha value is -1.34. The SMILES string of the molecule is CC1NC(c2ccc(F)c(F)c2)N(CC(C)S(C)=O)C1=O.